The summed E-state index contributed by atoms with van der Waals surface area (Å²) in [5.41, 5.74) is 2.65. The topological polar surface area (TPSA) is 58.6 Å². The molecule has 1 aliphatic carbocycles. The Labute approximate surface area is 235 Å². The summed E-state index contributed by atoms with van der Waals surface area (Å²) in [7, 11) is 1.61. The minimum Gasteiger partial charge on any atom is -0.497 e. The highest BCUT2D eigenvalue weighted by Crippen LogP contribution is 2.25. The van der Waals surface area contributed by atoms with Gasteiger partial charge < -0.3 is 15.0 Å². The number of ether oxygens (including phenoxy) is 1. The van der Waals surface area contributed by atoms with Gasteiger partial charge in [-0.2, -0.15) is 0 Å². The van der Waals surface area contributed by atoms with Crippen molar-refractivity contribution in [3.05, 3.63) is 99.5 Å². The number of rotatable bonds is 10. The summed E-state index contributed by atoms with van der Waals surface area (Å²) in [6.07, 6.45) is 5.92. The molecule has 0 aromatic heterocycles. The van der Waals surface area contributed by atoms with Crippen molar-refractivity contribution in [3.8, 4) is 5.75 Å². The number of benzene rings is 3. The second kappa shape index (κ2) is 13.7. The van der Waals surface area contributed by atoms with Crippen molar-refractivity contribution in [2.75, 3.05) is 7.11 Å². The lowest BCUT2D eigenvalue weighted by molar-refractivity contribution is -0.141. The summed E-state index contributed by atoms with van der Waals surface area (Å²) in [6, 6.07) is 22.0. The van der Waals surface area contributed by atoms with E-state index >= 15 is 0 Å². The van der Waals surface area contributed by atoms with Crippen LogP contribution in [0.5, 0.6) is 5.75 Å². The van der Waals surface area contributed by atoms with Crippen LogP contribution >= 0.6 is 23.2 Å². The van der Waals surface area contributed by atoms with Crippen LogP contribution in [0.1, 0.15) is 48.8 Å². The molecule has 1 atom stereocenters. The van der Waals surface area contributed by atoms with Crippen LogP contribution in [-0.4, -0.2) is 35.9 Å². The maximum Gasteiger partial charge on any atom is 0.243 e. The van der Waals surface area contributed by atoms with Crippen molar-refractivity contribution in [2.24, 2.45) is 0 Å². The third-order valence-electron chi connectivity index (χ3n) is 7.07. The fourth-order valence-electron chi connectivity index (χ4n) is 4.95. The quantitative estimate of drug-likeness (QED) is 0.307. The maximum atomic E-state index is 13.9. The van der Waals surface area contributed by atoms with Crippen LogP contribution < -0.4 is 10.1 Å². The van der Waals surface area contributed by atoms with Crippen molar-refractivity contribution < 1.29 is 14.3 Å². The minimum absolute atomic E-state index is 0.121. The molecule has 38 heavy (non-hydrogen) atoms. The molecular formula is C31H34Cl2N2O3. The lowest BCUT2D eigenvalue weighted by Crippen LogP contribution is -2.53. The fraction of sp³-hybridized carbons (Fsp3) is 0.355. The molecule has 1 aliphatic rings. The Bertz CT molecular complexity index is 1210. The summed E-state index contributed by atoms with van der Waals surface area (Å²) in [6.45, 7) is 0.238. The Hall–Kier alpha value is -3.02. The second-order valence-electron chi connectivity index (χ2n) is 9.84. The molecular weight excluding hydrogens is 519 g/mol. The molecule has 4 rings (SSSR count). The molecule has 0 saturated heterocycles. The number of hydrogen-bond donors (Lipinski definition) is 1. The highest BCUT2D eigenvalue weighted by atomic mass is 35.5. The van der Waals surface area contributed by atoms with E-state index in [1.54, 1.807) is 24.1 Å². The first kappa shape index (κ1) is 28.0. The molecule has 200 valence electrons. The molecule has 0 spiro atoms. The molecule has 0 bridgehead atoms. The minimum atomic E-state index is -0.681. The average Bonchev–Trinajstić information content (AvgIpc) is 2.94. The van der Waals surface area contributed by atoms with Gasteiger partial charge in [-0.25, -0.2) is 0 Å². The zero-order valence-corrected chi connectivity index (χ0v) is 23.2. The Balaban J connectivity index is 1.66. The predicted molar refractivity (Wildman–Crippen MR) is 153 cm³/mol. The Morgan fingerprint density at radius 2 is 1.58 bits per heavy atom. The predicted octanol–water partition coefficient (Wildman–Crippen LogP) is 6.63. The second-order valence-corrected chi connectivity index (χ2v) is 10.7. The molecule has 1 N–H and O–H groups in total. The molecule has 7 heteroatoms. The summed E-state index contributed by atoms with van der Waals surface area (Å²) in [5.74, 6) is 0.465. The highest BCUT2D eigenvalue weighted by molar-refractivity contribution is 6.42. The van der Waals surface area contributed by atoms with Gasteiger partial charge in [0.15, 0.2) is 0 Å². The van der Waals surface area contributed by atoms with Crippen molar-refractivity contribution in [1.82, 2.24) is 10.2 Å². The van der Waals surface area contributed by atoms with Gasteiger partial charge in [0, 0.05) is 19.0 Å². The van der Waals surface area contributed by atoms with Crippen LogP contribution in [0.2, 0.25) is 10.0 Å². The number of hydrogen-bond acceptors (Lipinski definition) is 3. The van der Waals surface area contributed by atoms with Gasteiger partial charge in [-0.05, 0) is 53.8 Å². The van der Waals surface area contributed by atoms with E-state index in [0.717, 1.165) is 48.1 Å². The van der Waals surface area contributed by atoms with Gasteiger partial charge in [0.1, 0.15) is 11.8 Å². The van der Waals surface area contributed by atoms with E-state index in [9.17, 15) is 9.59 Å². The zero-order valence-electron chi connectivity index (χ0n) is 21.7. The first-order valence-corrected chi connectivity index (χ1v) is 13.9. The molecule has 0 heterocycles. The number of amides is 2. The van der Waals surface area contributed by atoms with Gasteiger partial charge in [-0.15, -0.1) is 0 Å². The van der Waals surface area contributed by atoms with Crippen LogP contribution in [0, 0.1) is 0 Å². The van der Waals surface area contributed by atoms with E-state index in [4.69, 9.17) is 27.9 Å². The Morgan fingerprint density at radius 3 is 2.24 bits per heavy atom. The van der Waals surface area contributed by atoms with Crippen LogP contribution in [0.15, 0.2) is 72.8 Å². The van der Waals surface area contributed by atoms with Crippen molar-refractivity contribution in [1.29, 1.82) is 0 Å². The summed E-state index contributed by atoms with van der Waals surface area (Å²) in [5, 5.41) is 4.12. The van der Waals surface area contributed by atoms with Crippen molar-refractivity contribution in [2.45, 2.75) is 63.6 Å². The summed E-state index contributed by atoms with van der Waals surface area (Å²) in [4.78, 5) is 29.4. The fourth-order valence-corrected chi connectivity index (χ4v) is 5.27. The zero-order chi connectivity index (χ0) is 26.9. The first-order chi connectivity index (χ1) is 18.4. The first-order valence-electron chi connectivity index (χ1n) is 13.1. The molecule has 0 aliphatic heterocycles. The van der Waals surface area contributed by atoms with Gasteiger partial charge >= 0.3 is 0 Å². The summed E-state index contributed by atoms with van der Waals surface area (Å²) >= 11 is 12.5. The monoisotopic (exact) mass is 552 g/mol. The molecule has 5 nitrogen and oxygen atoms in total. The van der Waals surface area contributed by atoms with Crippen molar-refractivity contribution >= 4 is 35.0 Å². The number of methoxy groups -OCH3 is 1. The van der Waals surface area contributed by atoms with E-state index in [1.807, 2.05) is 60.7 Å². The van der Waals surface area contributed by atoms with E-state index in [1.165, 1.54) is 6.42 Å². The van der Waals surface area contributed by atoms with Crippen LogP contribution in [-0.2, 0) is 29.0 Å². The normalized spacial score (nSPS) is 14.5. The summed E-state index contributed by atoms with van der Waals surface area (Å²) < 4.78 is 5.26. The SMILES string of the molecule is COc1ccc(CC(=O)N(Cc2ccc(Cl)c(Cl)c2)[C@@H](Cc2ccccc2)C(=O)NC2CCCCC2)cc1. The van der Waals surface area contributed by atoms with Gasteiger partial charge in [0.25, 0.3) is 0 Å². The van der Waals surface area contributed by atoms with E-state index < -0.39 is 6.04 Å². The average molecular weight is 554 g/mol. The van der Waals surface area contributed by atoms with Crippen LogP contribution in [0.4, 0.5) is 0 Å². The Morgan fingerprint density at radius 1 is 0.895 bits per heavy atom. The smallest absolute Gasteiger partial charge is 0.243 e. The van der Waals surface area contributed by atoms with Crippen molar-refractivity contribution in [3.63, 3.8) is 0 Å². The van der Waals surface area contributed by atoms with E-state index in [-0.39, 0.29) is 30.8 Å². The Kier molecular flexibility index (Phi) is 10.1. The lowest BCUT2D eigenvalue weighted by Gasteiger charge is -2.33. The molecule has 1 saturated carbocycles. The number of carbonyl (C=O) groups excluding carboxylic acids is 2. The standard InChI is InChI=1S/C31H34Cl2N2O3/c1-38-26-15-12-23(13-16-26)20-30(36)35(21-24-14-17-27(32)28(33)18-24)29(19-22-8-4-2-5-9-22)31(37)34-25-10-6-3-7-11-25/h2,4-5,8-9,12-18,25,29H,3,6-7,10-11,19-21H2,1H3,(H,34,37)/t29-/m0/s1. The van der Waals surface area contributed by atoms with Gasteiger partial charge in [0.2, 0.25) is 11.8 Å². The van der Waals surface area contributed by atoms with Crippen LogP contribution in [0.25, 0.3) is 0 Å². The third kappa shape index (κ3) is 7.75. The highest BCUT2D eigenvalue weighted by Gasteiger charge is 2.32. The molecule has 0 radical (unpaired) electrons. The lowest BCUT2D eigenvalue weighted by atomic mass is 9.94. The van der Waals surface area contributed by atoms with Gasteiger partial charge in [-0.1, -0.05) is 91.0 Å². The number of halogens is 2. The third-order valence-corrected chi connectivity index (χ3v) is 7.81. The number of carbonyl (C=O) groups is 2. The molecule has 1 fully saturated rings. The molecule has 2 amide bonds. The largest absolute Gasteiger partial charge is 0.497 e. The molecule has 3 aromatic rings. The maximum absolute atomic E-state index is 13.9. The molecule has 0 unspecified atom stereocenters. The number of nitrogens with one attached hydrogen (secondary N) is 1. The van der Waals surface area contributed by atoms with Crippen LogP contribution in [0.3, 0.4) is 0 Å². The molecule has 3 aromatic carbocycles. The number of nitrogens with zero attached hydrogens (tertiary/aromatic N) is 1. The van der Waals surface area contributed by atoms with E-state index in [0.29, 0.717) is 16.5 Å². The van der Waals surface area contributed by atoms with Gasteiger partial charge in [-0.3, -0.25) is 9.59 Å². The van der Waals surface area contributed by atoms with E-state index in [2.05, 4.69) is 5.32 Å². The van der Waals surface area contributed by atoms with Gasteiger partial charge in [0.05, 0.1) is 23.6 Å².